The smallest absolute Gasteiger partial charge is 0.309 e. The first kappa shape index (κ1) is 34.3. The van der Waals surface area contributed by atoms with Crippen LogP contribution < -0.4 is 0 Å². The Morgan fingerprint density at radius 2 is 1.24 bits per heavy atom. The third kappa shape index (κ3) is 14.0. The van der Waals surface area contributed by atoms with Gasteiger partial charge in [0, 0.05) is 13.1 Å². The molecule has 2 atom stereocenters. The highest BCUT2D eigenvalue weighted by molar-refractivity contribution is 5.87. The zero-order chi connectivity index (χ0) is 30.0. The Kier molecular flexibility index (Phi) is 16.1. The molecule has 41 heavy (non-hydrogen) atoms. The van der Waals surface area contributed by atoms with Crippen molar-refractivity contribution in [2.45, 2.75) is 105 Å². The molecule has 0 fully saturated rings. The van der Waals surface area contributed by atoms with Crippen LogP contribution in [0.25, 0.3) is 0 Å². The maximum Gasteiger partial charge on any atom is 0.309 e. The fourth-order valence-electron chi connectivity index (χ4n) is 5.31. The predicted molar refractivity (Wildman–Crippen MR) is 166 cm³/mol. The molecule has 0 saturated carbocycles. The highest BCUT2D eigenvalue weighted by Crippen LogP contribution is 2.28. The number of hydrogen-bond acceptors (Lipinski definition) is 5. The number of hydrogen-bond donors (Lipinski definition) is 0. The maximum absolute atomic E-state index is 12.5. The van der Waals surface area contributed by atoms with Crippen molar-refractivity contribution < 1.29 is 23.9 Å². The van der Waals surface area contributed by atoms with Crippen molar-refractivity contribution in [1.29, 1.82) is 0 Å². The fraction of sp³-hybridized carbons (Fsp3) is 0.629. The number of nitrogens with zero attached hydrogens (tertiary/aromatic N) is 1. The average molecular weight is 568 g/mol. The molecule has 0 N–H and O–H groups in total. The Morgan fingerprint density at radius 1 is 0.805 bits per heavy atom. The molecule has 0 aromatic carbocycles. The first-order valence-electron chi connectivity index (χ1n) is 15.6. The molecule has 0 spiro atoms. The summed E-state index contributed by atoms with van der Waals surface area (Å²) < 4.78 is 11.1. The van der Waals surface area contributed by atoms with Crippen LogP contribution in [0.4, 0.5) is 0 Å². The Labute approximate surface area is 248 Å². The van der Waals surface area contributed by atoms with Gasteiger partial charge in [-0.1, -0.05) is 53.2 Å². The van der Waals surface area contributed by atoms with Gasteiger partial charge in [0.25, 0.3) is 0 Å². The molecule has 1 amide bonds. The van der Waals surface area contributed by atoms with Gasteiger partial charge >= 0.3 is 11.9 Å². The van der Waals surface area contributed by atoms with E-state index in [0.717, 1.165) is 64.2 Å². The van der Waals surface area contributed by atoms with Gasteiger partial charge in [0.2, 0.25) is 5.91 Å². The van der Waals surface area contributed by atoms with Crippen molar-refractivity contribution >= 4 is 17.8 Å². The van der Waals surface area contributed by atoms with Crippen molar-refractivity contribution in [1.82, 2.24) is 4.90 Å². The Balaban J connectivity index is 1.63. The monoisotopic (exact) mass is 567 g/mol. The molecule has 2 rings (SSSR count). The molecule has 0 aromatic heterocycles. The van der Waals surface area contributed by atoms with Gasteiger partial charge in [-0.2, -0.15) is 0 Å². The predicted octanol–water partition coefficient (Wildman–Crippen LogP) is 7.81. The third-order valence-corrected chi connectivity index (χ3v) is 7.83. The molecular formula is C35H53NO5. The second-order valence-corrected chi connectivity index (χ2v) is 11.9. The molecule has 0 radical (unpaired) electrons. The van der Waals surface area contributed by atoms with E-state index >= 15 is 0 Å². The van der Waals surface area contributed by atoms with E-state index in [4.69, 9.17) is 9.47 Å². The van der Waals surface area contributed by atoms with Gasteiger partial charge in [0.05, 0.1) is 25.0 Å². The van der Waals surface area contributed by atoms with Gasteiger partial charge in [-0.25, -0.2) is 0 Å². The number of ether oxygens (including phenoxy) is 2. The van der Waals surface area contributed by atoms with Crippen LogP contribution in [-0.4, -0.2) is 49.0 Å². The highest BCUT2D eigenvalue weighted by Gasteiger charge is 2.24. The molecule has 6 heteroatoms. The number of esters is 2. The van der Waals surface area contributed by atoms with Crippen molar-refractivity contribution in [3.8, 4) is 0 Å². The molecule has 0 aromatic rings. The second-order valence-electron chi connectivity index (χ2n) is 11.9. The summed E-state index contributed by atoms with van der Waals surface area (Å²) >= 11 is 0. The normalized spacial score (nSPS) is 18.3. The first-order chi connectivity index (χ1) is 19.7. The molecule has 2 unspecified atom stereocenters. The van der Waals surface area contributed by atoms with E-state index in [-0.39, 0.29) is 42.9 Å². The van der Waals surface area contributed by atoms with E-state index in [1.54, 1.807) is 4.90 Å². The number of amides is 1. The Morgan fingerprint density at radius 3 is 1.59 bits per heavy atom. The van der Waals surface area contributed by atoms with Crippen molar-refractivity contribution in [2.75, 3.05) is 26.3 Å². The van der Waals surface area contributed by atoms with Crippen LogP contribution in [0.1, 0.15) is 105 Å². The minimum Gasteiger partial charge on any atom is -0.465 e. The summed E-state index contributed by atoms with van der Waals surface area (Å²) in [5.41, 5.74) is 5.55. The van der Waals surface area contributed by atoms with Crippen molar-refractivity contribution in [3.05, 3.63) is 59.3 Å². The lowest BCUT2D eigenvalue weighted by Crippen LogP contribution is -2.33. The molecule has 2 aliphatic rings. The second kappa shape index (κ2) is 19.3. The van der Waals surface area contributed by atoms with Crippen LogP contribution in [0.5, 0.6) is 0 Å². The summed E-state index contributed by atoms with van der Waals surface area (Å²) in [7, 11) is 0. The fourth-order valence-corrected chi connectivity index (χ4v) is 5.31. The SMILES string of the molecule is C=CC(=O)N(CCCOC(=O)C1CC=C(CCC=C(C)C)CC1)CCCOC(=O)C1CC=C(CCC=C(C)C)CC1. The molecule has 0 bridgehead atoms. The Hall–Kier alpha value is -2.89. The summed E-state index contributed by atoms with van der Waals surface area (Å²) in [6, 6.07) is 0. The minimum atomic E-state index is -0.168. The topological polar surface area (TPSA) is 72.9 Å². The lowest BCUT2D eigenvalue weighted by molar-refractivity contribution is -0.149. The van der Waals surface area contributed by atoms with Gasteiger partial charge in [0.1, 0.15) is 0 Å². The zero-order valence-corrected chi connectivity index (χ0v) is 26.1. The van der Waals surface area contributed by atoms with E-state index in [2.05, 4.69) is 58.6 Å². The summed E-state index contributed by atoms with van der Waals surface area (Å²) in [6.45, 7) is 13.6. The maximum atomic E-state index is 12.5. The van der Waals surface area contributed by atoms with Crippen molar-refractivity contribution in [2.24, 2.45) is 11.8 Å². The average Bonchev–Trinajstić information content (AvgIpc) is 2.96. The summed E-state index contributed by atoms with van der Waals surface area (Å²) in [6.07, 6.45) is 20.7. The van der Waals surface area contributed by atoms with Gasteiger partial charge in [-0.15, -0.1) is 0 Å². The van der Waals surface area contributed by atoms with Crippen LogP contribution in [0.2, 0.25) is 0 Å². The largest absolute Gasteiger partial charge is 0.465 e. The van der Waals surface area contributed by atoms with E-state index < -0.39 is 0 Å². The lowest BCUT2D eigenvalue weighted by atomic mass is 9.88. The zero-order valence-electron chi connectivity index (χ0n) is 26.1. The molecule has 0 aliphatic heterocycles. The Bertz CT molecular complexity index is 924. The number of allylic oxidation sites excluding steroid dienone is 8. The number of carbonyl (C=O) groups is 3. The molecule has 0 saturated heterocycles. The van der Waals surface area contributed by atoms with E-state index in [1.807, 2.05) is 0 Å². The summed E-state index contributed by atoms with van der Waals surface area (Å²) in [5.74, 6) is -0.599. The van der Waals surface area contributed by atoms with Crippen LogP contribution in [0.3, 0.4) is 0 Å². The summed E-state index contributed by atoms with van der Waals surface area (Å²) in [4.78, 5) is 39.1. The van der Waals surface area contributed by atoms with Crippen LogP contribution in [0, 0.1) is 11.8 Å². The minimum absolute atomic E-state index is 0.0727. The van der Waals surface area contributed by atoms with Crippen LogP contribution in [-0.2, 0) is 23.9 Å². The first-order valence-corrected chi connectivity index (χ1v) is 15.6. The molecule has 2 aliphatic carbocycles. The van der Waals surface area contributed by atoms with Gasteiger partial charge < -0.3 is 14.4 Å². The summed E-state index contributed by atoms with van der Waals surface area (Å²) in [5, 5.41) is 0. The molecule has 228 valence electrons. The lowest BCUT2D eigenvalue weighted by Gasteiger charge is -2.23. The van der Waals surface area contributed by atoms with E-state index in [9.17, 15) is 14.4 Å². The highest BCUT2D eigenvalue weighted by atomic mass is 16.5. The quantitative estimate of drug-likeness (QED) is 0.0776. The van der Waals surface area contributed by atoms with Crippen molar-refractivity contribution in [3.63, 3.8) is 0 Å². The number of carbonyl (C=O) groups excluding carboxylic acids is 3. The van der Waals surface area contributed by atoms with Gasteiger partial charge in [-0.3, -0.25) is 14.4 Å². The van der Waals surface area contributed by atoms with Gasteiger partial charge in [0.15, 0.2) is 0 Å². The van der Waals surface area contributed by atoms with Crippen LogP contribution >= 0.6 is 0 Å². The molecule has 0 heterocycles. The van der Waals surface area contributed by atoms with Gasteiger partial charge in [-0.05, 0) is 111 Å². The standard InChI is InChI=1S/C35H53NO5/c1-6-33(37)36(23-9-25-40-34(38)31-19-15-29(16-20-31)13-7-11-27(2)3)24-10-26-41-35(39)32-21-17-30(18-22-32)14-8-12-28(4)5/h6,11-12,15,17,31-32H,1,7-10,13-14,16,18-26H2,2-5H3. The third-order valence-electron chi connectivity index (χ3n) is 7.83. The van der Waals surface area contributed by atoms with Crippen LogP contribution in [0.15, 0.2) is 59.3 Å². The van der Waals surface area contributed by atoms with E-state index in [1.165, 1.54) is 28.4 Å². The molecular weight excluding hydrogens is 514 g/mol. The number of rotatable bonds is 17. The van der Waals surface area contributed by atoms with E-state index in [0.29, 0.717) is 25.9 Å². The molecule has 6 nitrogen and oxygen atoms in total.